The number of ketones is 3. The largest absolute Gasteiger partial charge is 0.356 e. The number of rotatable bonds is 40. The lowest BCUT2D eigenvalue weighted by atomic mass is 9.83. The summed E-state index contributed by atoms with van der Waals surface area (Å²) in [6, 6.07) is 0. The van der Waals surface area contributed by atoms with Crippen LogP contribution in [0.4, 0.5) is 0 Å². The van der Waals surface area contributed by atoms with E-state index in [0.717, 1.165) is 12.8 Å². The quantitative estimate of drug-likeness (QED) is 0.0301. The van der Waals surface area contributed by atoms with Crippen LogP contribution < -0.4 is 59.7 Å². The number of nitrogens with one attached hydrogen (secondary N) is 8. The molecule has 14 N–H and O–H groups in total. The molecule has 19 heteroatoms. The molecule has 0 aliphatic rings. The average molecular weight is 854 g/mol. The number of carbonyl (C=O) groups is 8. The highest BCUT2D eigenvalue weighted by molar-refractivity contribution is 5.97. The minimum absolute atomic E-state index is 0.141. The summed E-state index contributed by atoms with van der Waals surface area (Å²) >= 11 is 0. The molecule has 0 aromatic heterocycles. The number of unbranched alkanes of at least 4 members (excludes halogenated alkanes) is 2. The summed E-state index contributed by atoms with van der Waals surface area (Å²) in [5.74, 6) is -7.61. The Kier molecular flexibility index (Phi) is 34.5. The van der Waals surface area contributed by atoms with Crippen LogP contribution in [0.2, 0.25) is 0 Å². The molecule has 0 saturated carbocycles. The third-order valence-electron chi connectivity index (χ3n) is 9.74. The van der Waals surface area contributed by atoms with Crippen LogP contribution in [-0.2, 0) is 38.4 Å². The maximum absolute atomic E-state index is 14.1. The molecular weight excluding hydrogens is 775 g/mol. The van der Waals surface area contributed by atoms with Crippen molar-refractivity contribution in [2.24, 2.45) is 40.9 Å². The summed E-state index contributed by atoms with van der Waals surface area (Å²) in [6.07, 6.45) is 1.18. The molecule has 0 aromatic carbocycles. The molecule has 4 atom stereocenters. The van der Waals surface area contributed by atoms with Crippen molar-refractivity contribution in [2.45, 2.75) is 97.8 Å². The highest BCUT2D eigenvalue weighted by Crippen LogP contribution is 2.23. The van der Waals surface area contributed by atoms with Crippen LogP contribution >= 0.6 is 0 Å². The molecule has 0 aromatic rings. The second-order valence-electron chi connectivity index (χ2n) is 15.1. The van der Waals surface area contributed by atoms with E-state index in [-0.39, 0.29) is 50.3 Å². The van der Waals surface area contributed by atoms with E-state index < -0.39 is 71.7 Å². The molecule has 0 aliphatic carbocycles. The van der Waals surface area contributed by atoms with E-state index in [9.17, 15) is 38.4 Å². The minimum Gasteiger partial charge on any atom is -0.356 e. The van der Waals surface area contributed by atoms with Crippen LogP contribution in [0, 0.1) is 23.7 Å². The fourth-order valence-corrected chi connectivity index (χ4v) is 6.25. The third kappa shape index (κ3) is 28.6. The molecule has 0 rings (SSSR count). The Bertz CT molecular complexity index is 1270. The Morgan fingerprint density at radius 3 is 1.18 bits per heavy atom. The number of hydrogen-bond donors (Lipinski definition) is 11. The van der Waals surface area contributed by atoms with Crippen LogP contribution in [0.1, 0.15) is 97.8 Å². The van der Waals surface area contributed by atoms with Gasteiger partial charge in [-0.05, 0) is 19.3 Å². The maximum Gasteiger partial charge on any atom is 0.224 e. The van der Waals surface area contributed by atoms with Crippen molar-refractivity contribution in [2.75, 3.05) is 91.6 Å². The van der Waals surface area contributed by atoms with Gasteiger partial charge in [0.25, 0.3) is 0 Å². The van der Waals surface area contributed by atoms with Crippen molar-refractivity contribution in [3.8, 4) is 0 Å². The van der Waals surface area contributed by atoms with E-state index >= 15 is 0 Å². The first-order valence-electron chi connectivity index (χ1n) is 22.0. The second-order valence-corrected chi connectivity index (χ2v) is 15.1. The van der Waals surface area contributed by atoms with Crippen LogP contribution in [-0.4, -0.2) is 139 Å². The Morgan fingerprint density at radius 1 is 0.383 bits per heavy atom. The highest BCUT2D eigenvalue weighted by atomic mass is 16.2. The summed E-state index contributed by atoms with van der Waals surface area (Å²) in [4.78, 5) is 107. The molecule has 5 amide bonds. The first-order chi connectivity index (χ1) is 28.9. The molecule has 4 unspecified atom stereocenters. The summed E-state index contributed by atoms with van der Waals surface area (Å²) in [5, 5.41) is 23.1. The Balaban J connectivity index is 6.24. The van der Waals surface area contributed by atoms with Gasteiger partial charge in [-0.3, -0.25) is 38.4 Å². The van der Waals surface area contributed by atoms with Gasteiger partial charge in [0.2, 0.25) is 29.5 Å². The van der Waals surface area contributed by atoms with Crippen LogP contribution in [0.3, 0.4) is 0 Å². The molecule has 0 aliphatic heterocycles. The normalized spacial score (nSPS) is 13.0. The Hall–Kier alpha value is -3.88. The first kappa shape index (κ1) is 56.1. The molecule has 0 heterocycles. The molecule has 0 fully saturated rings. The van der Waals surface area contributed by atoms with Crippen molar-refractivity contribution in [3.05, 3.63) is 0 Å². The van der Waals surface area contributed by atoms with Crippen molar-refractivity contribution >= 4 is 46.9 Å². The van der Waals surface area contributed by atoms with Gasteiger partial charge in [0.15, 0.2) is 0 Å². The van der Waals surface area contributed by atoms with Gasteiger partial charge >= 0.3 is 0 Å². The van der Waals surface area contributed by atoms with E-state index in [1.54, 1.807) is 6.92 Å². The maximum atomic E-state index is 14.1. The zero-order chi connectivity index (χ0) is 45.0. The van der Waals surface area contributed by atoms with Crippen molar-refractivity contribution in [3.63, 3.8) is 0 Å². The molecule has 19 nitrogen and oxygen atoms in total. The van der Waals surface area contributed by atoms with E-state index in [2.05, 4.69) is 42.5 Å². The Morgan fingerprint density at radius 2 is 0.733 bits per heavy atom. The number of carbonyl (C=O) groups excluding carboxylic acids is 8. The van der Waals surface area contributed by atoms with Crippen LogP contribution in [0.15, 0.2) is 0 Å². The van der Waals surface area contributed by atoms with Gasteiger partial charge in [0, 0.05) is 148 Å². The number of hydrogen-bond acceptors (Lipinski definition) is 14. The van der Waals surface area contributed by atoms with Gasteiger partial charge in [0.1, 0.15) is 17.3 Å². The molecule has 0 spiro atoms. The number of nitrogens with two attached hydrogens (primary N) is 3. The fraction of sp³-hybridized carbons (Fsp3) is 0.805. The molecule has 0 radical (unpaired) electrons. The van der Waals surface area contributed by atoms with Crippen LogP contribution in [0.5, 0.6) is 0 Å². The lowest BCUT2D eigenvalue weighted by molar-refractivity contribution is -0.137. The van der Waals surface area contributed by atoms with E-state index in [1.807, 2.05) is 13.8 Å². The molecule has 0 saturated heterocycles. The predicted octanol–water partition coefficient (Wildman–Crippen LogP) is -1.87. The van der Waals surface area contributed by atoms with Crippen molar-refractivity contribution < 1.29 is 38.4 Å². The van der Waals surface area contributed by atoms with Crippen LogP contribution in [0.25, 0.3) is 0 Å². The van der Waals surface area contributed by atoms with Gasteiger partial charge < -0.3 is 59.7 Å². The highest BCUT2D eigenvalue weighted by Gasteiger charge is 2.33. The lowest BCUT2D eigenvalue weighted by Gasteiger charge is -2.22. The van der Waals surface area contributed by atoms with Crippen molar-refractivity contribution in [1.82, 2.24) is 42.5 Å². The van der Waals surface area contributed by atoms with Gasteiger partial charge in [0.05, 0.1) is 11.8 Å². The monoisotopic (exact) mass is 854 g/mol. The van der Waals surface area contributed by atoms with Gasteiger partial charge in [-0.1, -0.05) is 33.6 Å². The second kappa shape index (κ2) is 36.9. The summed E-state index contributed by atoms with van der Waals surface area (Å²) < 4.78 is 0. The smallest absolute Gasteiger partial charge is 0.224 e. The molecule has 60 heavy (non-hydrogen) atoms. The third-order valence-corrected chi connectivity index (χ3v) is 9.74. The van der Waals surface area contributed by atoms with Gasteiger partial charge in [-0.2, -0.15) is 0 Å². The van der Waals surface area contributed by atoms with Crippen molar-refractivity contribution in [1.29, 1.82) is 0 Å². The minimum atomic E-state index is -1.19. The van der Waals surface area contributed by atoms with E-state index in [0.29, 0.717) is 104 Å². The zero-order valence-corrected chi connectivity index (χ0v) is 36.7. The topological polar surface area (TPSA) is 311 Å². The summed E-state index contributed by atoms with van der Waals surface area (Å²) in [7, 11) is 0. The molecular formula is C41H79N11O8. The predicted molar refractivity (Wildman–Crippen MR) is 232 cm³/mol. The molecule has 346 valence electrons. The number of Topliss-reactive ketones (excluding diaryl/α,β-unsaturated/α-hetero) is 3. The standard InChI is InChI=1S/C41H79N11O8/c1-4-7-12-48-37(56)28-31(24-34(53)23-30(6-3)39(58)51-21-18-46-15-10-43)36(55)27-32(40(59)52-22-19-47-16-11-44)25-35(54)26-33(41(60)50-13-8-5-2)29-38(57)49-20-17-45-14-9-42/h30-33,45-47H,4-29,42-44H2,1-3H3,(H,48,56)(H,49,57)(H,50,60)(H,51,58)(H,52,59). The summed E-state index contributed by atoms with van der Waals surface area (Å²) in [6.45, 7) is 11.6. The van der Waals surface area contributed by atoms with Gasteiger partial charge in [-0.25, -0.2) is 0 Å². The van der Waals surface area contributed by atoms with Gasteiger partial charge in [-0.15, -0.1) is 0 Å². The first-order valence-corrected chi connectivity index (χ1v) is 22.0. The molecule has 0 bridgehead atoms. The number of amides is 5. The Labute approximate surface area is 357 Å². The van der Waals surface area contributed by atoms with E-state index in [4.69, 9.17) is 17.2 Å². The average Bonchev–Trinajstić information content (AvgIpc) is 3.21. The summed E-state index contributed by atoms with van der Waals surface area (Å²) in [5.41, 5.74) is 16.5. The fourth-order valence-electron chi connectivity index (χ4n) is 6.25. The SMILES string of the molecule is CCCCNC(=O)CC(CC(=O)CC(CC)C(=O)NCCNCCN)C(=O)CC(CC(=O)CC(CC(=O)NCCNCCN)C(=O)NCCCC)C(=O)NCCNCCN. The lowest BCUT2D eigenvalue weighted by Crippen LogP contribution is -2.40. The van der Waals surface area contributed by atoms with E-state index in [1.165, 1.54) is 0 Å². The zero-order valence-electron chi connectivity index (χ0n) is 36.7.